The fraction of sp³-hybridized carbons (Fsp3) is 0.0909. The van der Waals surface area contributed by atoms with E-state index in [-0.39, 0.29) is 6.42 Å². The standard InChI is InChI=1S/C11H8N2O2S/c12-11-13-8-6-7(2-1-3-10(14)15)4-5-9(8)16-11/h4-6H,3H2,(H2,12,13)(H,14,15). The zero-order valence-corrected chi connectivity index (χ0v) is 9.04. The Hall–Kier alpha value is -2.06. The lowest BCUT2D eigenvalue weighted by atomic mass is 10.2. The Labute approximate surface area is 95.7 Å². The Balaban J connectivity index is 2.30. The average Bonchev–Trinajstić information content (AvgIpc) is 2.56. The van der Waals surface area contributed by atoms with Crippen molar-refractivity contribution in [2.45, 2.75) is 6.42 Å². The van der Waals surface area contributed by atoms with Crippen LogP contribution in [0.5, 0.6) is 0 Å². The molecule has 2 aromatic rings. The van der Waals surface area contributed by atoms with Crippen LogP contribution in [0, 0.1) is 11.8 Å². The van der Waals surface area contributed by atoms with E-state index >= 15 is 0 Å². The summed E-state index contributed by atoms with van der Waals surface area (Å²) in [4.78, 5) is 14.4. The van der Waals surface area contributed by atoms with Gasteiger partial charge in [-0.25, -0.2) is 4.98 Å². The van der Waals surface area contributed by atoms with Gasteiger partial charge in [0.1, 0.15) is 6.42 Å². The lowest BCUT2D eigenvalue weighted by Crippen LogP contribution is -1.90. The third-order valence-electron chi connectivity index (χ3n) is 1.88. The molecule has 0 bridgehead atoms. The van der Waals surface area contributed by atoms with Gasteiger partial charge < -0.3 is 10.8 Å². The van der Waals surface area contributed by atoms with Gasteiger partial charge in [-0.3, -0.25) is 4.79 Å². The molecule has 0 aliphatic heterocycles. The summed E-state index contributed by atoms with van der Waals surface area (Å²) < 4.78 is 1.00. The van der Waals surface area contributed by atoms with Crippen molar-refractivity contribution < 1.29 is 9.90 Å². The van der Waals surface area contributed by atoms with Crippen molar-refractivity contribution in [3.8, 4) is 11.8 Å². The van der Waals surface area contributed by atoms with Gasteiger partial charge in [-0.15, -0.1) is 0 Å². The van der Waals surface area contributed by atoms with Crippen LogP contribution in [0.2, 0.25) is 0 Å². The first-order valence-electron chi connectivity index (χ1n) is 4.52. The molecule has 0 saturated heterocycles. The molecule has 4 nitrogen and oxygen atoms in total. The molecule has 0 spiro atoms. The third-order valence-corrected chi connectivity index (χ3v) is 2.74. The van der Waals surface area contributed by atoms with E-state index in [4.69, 9.17) is 10.8 Å². The molecule has 1 aromatic carbocycles. The number of hydrogen-bond acceptors (Lipinski definition) is 4. The van der Waals surface area contributed by atoms with Crippen molar-refractivity contribution in [2.75, 3.05) is 5.73 Å². The topological polar surface area (TPSA) is 76.2 Å². The number of nitrogens with two attached hydrogens (primary N) is 1. The largest absolute Gasteiger partial charge is 0.481 e. The quantitative estimate of drug-likeness (QED) is 0.734. The van der Waals surface area contributed by atoms with Crippen molar-refractivity contribution in [3.05, 3.63) is 23.8 Å². The van der Waals surface area contributed by atoms with E-state index in [9.17, 15) is 4.79 Å². The van der Waals surface area contributed by atoms with Gasteiger partial charge in [-0.1, -0.05) is 23.2 Å². The lowest BCUT2D eigenvalue weighted by Gasteiger charge is -1.89. The maximum absolute atomic E-state index is 10.3. The molecule has 80 valence electrons. The number of aliphatic carboxylic acids is 1. The molecule has 1 aromatic heterocycles. The monoisotopic (exact) mass is 232 g/mol. The fourth-order valence-corrected chi connectivity index (χ4v) is 1.96. The van der Waals surface area contributed by atoms with Gasteiger partial charge in [-0.2, -0.15) is 0 Å². The number of nitrogens with zero attached hydrogens (tertiary/aromatic N) is 1. The molecule has 2 rings (SSSR count). The summed E-state index contributed by atoms with van der Waals surface area (Å²) in [6.07, 6.45) is -0.156. The van der Waals surface area contributed by atoms with Gasteiger partial charge in [0.25, 0.3) is 0 Å². The van der Waals surface area contributed by atoms with Crippen LogP contribution < -0.4 is 5.73 Å². The predicted molar refractivity (Wildman–Crippen MR) is 63.2 cm³/mol. The molecule has 1 heterocycles. The molecular formula is C11H8N2O2S. The minimum atomic E-state index is -0.925. The minimum Gasteiger partial charge on any atom is -0.481 e. The molecule has 0 fully saturated rings. The first-order chi connectivity index (χ1) is 7.65. The highest BCUT2D eigenvalue weighted by atomic mass is 32.1. The molecule has 0 radical (unpaired) electrons. The zero-order valence-electron chi connectivity index (χ0n) is 8.23. The molecule has 0 unspecified atom stereocenters. The number of rotatable bonds is 1. The number of anilines is 1. The number of benzene rings is 1. The van der Waals surface area contributed by atoms with E-state index in [1.165, 1.54) is 11.3 Å². The number of thiazole rings is 1. The molecular weight excluding hydrogens is 224 g/mol. The van der Waals surface area contributed by atoms with E-state index < -0.39 is 5.97 Å². The van der Waals surface area contributed by atoms with Gasteiger partial charge >= 0.3 is 5.97 Å². The number of carboxylic acid groups (broad SMARTS) is 1. The Morgan fingerprint density at radius 2 is 2.38 bits per heavy atom. The second-order valence-corrected chi connectivity index (χ2v) is 4.17. The highest BCUT2D eigenvalue weighted by molar-refractivity contribution is 7.22. The predicted octanol–water partition coefficient (Wildman–Crippen LogP) is 1.70. The lowest BCUT2D eigenvalue weighted by molar-refractivity contribution is -0.135. The maximum Gasteiger partial charge on any atom is 0.315 e. The Kier molecular flexibility index (Phi) is 2.75. The van der Waals surface area contributed by atoms with Crippen molar-refractivity contribution in [2.24, 2.45) is 0 Å². The number of nitrogen functional groups attached to an aromatic ring is 1. The fourth-order valence-electron chi connectivity index (χ4n) is 1.24. The Morgan fingerprint density at radius 3 is 3.12 bits per heavy atom. The van der Waals surface area contributed by atoms with Gasteiger partial charge in [-0.05, 0) is 18.2 Å². The van der Waals surface area contributed by atoms with Crippen molar-refractivity contribution in [1.82, 2.24) is 4.98 Å². The summed E-state index contributed by atoms with van der Waals surface area (Å²) >= 11 is 1.41. The van der Waals surface area contributed by atoms with Crippen LogP contribution in [-0.2, 0) is 4.79 Å². The summed E-state index contributed by atoms with van der Waals surface area (Å²) in [6.45, 7) is 0. The van der Waals surface area contributed by atoms with Crippen LogP contribution >= 0.6 is 11.3 Å². The normalized spacial score (nSPS) is 9.75. The van der Waals surface area contributed by atoms with Crippen LogP contribution in [0.4, 0.5) is 5.13 Å². The molecule has 3 N–H and O–H groups in total. The molecule has 0 aliphatic rings. The van der Waals surface area contributed by atoms with E-state index in [1.807, 2.05) is 12.1 Å². The van der Waals surface area contributed by atoms with Gasteiger partial charge in [0.2, 0.25) is 0 Å². The zero-order chi connectivity index (χ0) is 11.5. The number of aromatic nitrogens is 1. The highest BCUT2D eigenvalue weighted by Crippen LogP contribution is 2.23. The number of hydrogen-bond donors (Lipinski definition) is 2. The number of fused-ring (bicyclic) bond motifs is 1. The summed E-state index contributed by atoms with van der Waals surface area (Å²) in [5, 5.41) is 8.96. The summed E-state index contributed by atoms with van der Waals surface area (Å²) in [5.41, 5.74) is 7.12. The van der Waals surface area contributed by atoms with E-state index in [2.05, 4.69) is 16.8 Å². The third kappa shape index (κ3) is 2.30. The molecule has 0 saturated carbocycles. The minimum absolute atomic E-state index is 0.156. The second-order valence-electron chi connectivity index (χ2n) is 3.11. The van der Waals surface area contributed by atoms with Crippen molar-refractivity contribution in [3.63, 3.8) is 0 Å². The van der Waals surface area contributed by atoms with E-state index in [0.717, 1.165) is 15.8 Å². The second kappa shape index (κ2) is 4.21. The first-order valence-corrected chi connectivity index (χ1v) is 5.33. The van der Waals surface area contributed by atoms with Crippen LogP contribution in [0.25, 0.3) is 10.2 Å². The van der Waals surface area contributed by atoms with E-state index in [0.29, 0.717) is 5.13 Å². The summed E-state index contributed by atoms with van der Waals surface area (Å²) in [7, 11) is 0. The maximum atomic E-state index is 10.3. The van der Waals surface area contributed by atoms with Crippen LogP contribution in [0.15, 0.2) is 18.2 Å². The molecule has 0 aliphatic carbocycles. The van der Waals surface area contributed by atoms with Crippen LogP contribution in [-0.4, -0.2) is 16.1 Å². The van der Waals surface area contributed by atoms with E-state index in [1.54, 1.807) is 6.07 Å². The smallest absolute Gasteiger partial charge is 0.315 e. The van der Waals surface area contributed by atoms with Crippen LogP contribution in [0.3, 0.4) is 0 Å². The summed E-state index contributed by atoms with van der Waals surface area (Å²) in [5.74, 6) is 4.41. The highest BCUT2D eigenvalue weighted by Gasteiger charge is 2.00. The average molecular weight is 232 g/mol. The van der Waals surface area contributed by atoms with Crippen molar-refractivity contribution in [1.29, 1.82) is 0 Å². The molecule has 0 atom stereocenters. The molecule has 0 amide bonds. The molecule has 16 heavy (non-hydrogen) atoms. The Morgan fingerprint density at radius 1 is 1.56 bits per heavy atom. The van der Waals surface area contributed by atoms with Gasteiger partial charge in [0.15, 0.2) is 5.13 Å². The molecule has 5 heteroatoms. The first kappa shape index (κ1) is 10.5. The SMILES string of the molecule is Nc1nc2cc(C#CCC(=O)O)ccc2s1. The number of carbonyl (C=O) groups is 1. The van der Waals surface area contributed by atoms with Crippen LogP contribution in [0.1, 0.15) is 12.0 Å². The van der Waals surface area contributed by atoms with Gasteiger partial charge in [0, 0.05) is 5.56 Å². The van der Waals surface area contributed by atoms with Crippen molar-refractivity contribution >= 4 is 32.7 Å². The Bertz CT molecular complexity index is 607. The van der Waals surface area contributed by atoms with Gasteiger partial charge in [0.05, 0.1) is 10.2 Å². The summed E-state index contributed by atoms with van der Waals surface area (Å²) in [6, 6.07) is 5.51. The number of carboxylic acids is 1.